The van der Waals surface area contributed by atoms with E-state index < -0.39 is 10.0 Å². The molecule has 1 aliphatic rings. The van der Waals surface area contributed by atoms with Gasteiger partial charge in [0.2, 0.25) is 0 Å². The van der Waals surface area contributed by atoms with Gasteiger partial charge < -0.3 is 9.30 Å². The molecule has 3 aromatic rings. The number of carbonyl (C=O) groups excluding carboxylic acids is 1. The summed E-state index contributed by atoms with van der Waals surface area (Å²) in [7, 11) is -2.07. The number of amides is 1. The van der Waals surface area contributed by atoms with E-state index in [1.165, 1.54) is 27.8 Å². The van der Waals surface area contributed by atoms with Crippen molar-refractivity contribution in [3.63, 3.8) is 0 Å². The van der Waals surface area contributed by atoms with Crippen molar-refractivity contribution in [2.75, 3.05) is 26.8 Å². The molecule has 4 rings (SSSR count). The molecule has 0 unspecified atom stereocenters. The van der Waals surface area contributed by atoms with Crippen LogP contribution in [-0.2, 0) is 26.1 Å². The van der Waals surface area contributed by atoms with Crippen molar-refractivity contribution in [3.05, 3.63) is 45.3 Å². The van der Waals surface area contributed by atoms with Crippen LogP contribution in [0, 0.1) is 11.7 Å². The number of benzene rings is 1. The molecule has 0 N–H and O–H groups in total. The largest absolute Gasteiger partial charge is 0.383 e. The van der Waals surface area contributed by atoms with Crippen LogP contribution in [-0.4, -0.2) is 50.0 Å². The van der Waals surface area contributed by atoms with E-state index in [0.29, 0.717) is 45.3 Å². The second-order valence-corrected chi connectivity index (χ2v) is 12.2. The number of methoxy groups -OCH3 is 1. The first-order chi connectivity index (χ1) is 15.3. The number of rotatable bonds is 6. The lowest BCUT2D eigenvalue weighted by Crippen LogP contribution is -2.40. The first kappa shape index (κ1) is 23.5. The third-order valence-corrected chi connectivity index (χ3v) is 9.96. The molecule has 172 valence electrons. The second kappa shape index (κ2) is 9.70. The number of aromatic nitrogens is 1. The molecule has 0 saturated carbocycles. The summed E-state index contributed by atoms with van der Waals surface area (Å²) in [6, 6.07) is 7.84. The fourth-order valence-electron chi connectivity index (χ4n) is 3.65. The van der Waals surface area contributed by atoms with Crippen molar-refractivity contribution in [2.45, 2.75) is 23.6 Å². The summed E-state index contributed by atoms with van der Waals surface area (Å²) >= 11 is 8.14. The molecule has 12 heteroatoms. The van der Waals surface area contributed by atoms with E-state index in [4.69, 9.17) is 16.3 Å². The van der Waals surface area contributed by atoms with E-state index in [-0.39, 0.29) is 34.9 Å². The molecule has 1 amide bonds. The van der Waals surface area contributed by atoms with E-state index in [1.54, 1.807) is 29.9 Å². The second-order valence-electron chi connectivity index (χ2n) is 7.30. The van der Waals surface area contributed by atoms with Gasteiger partial charge >= 0.3 is 0 Å². The highest BCUT2D eigenvalue weighted by atomic mass is 35.5. The van der Waals surface area contributed by atoms with E-state index in [1.807, 2.05) is 0 Å². The highest BCUT2D eigenvalue weighted by Gasteiger charge is 2.33. The van der Waals surface area contributed by atoms with Gasteiger partial charge in [-0.15, -0.1) is 11.3 Å². The molecule has 1 aliphatic heterocycles. The maximum absolute atomic E-state index is 14.4. The molecular formula is C20H21ClFN3O4S3. The zero-order valence-electron chi connectivity index (χ0n) is 17.2. The maximum Gasteiger partial charge on any atom is 0.252 e. The van der Waals surface area contributed by atoms with Gasteiger partial charge in [-0.2, -0.15) is 9.30 Å². The Morgan fingerprint density at radius 2 is 2.00 bits per heavy atom. The van der Waals surface area contributed by atoms with Crippen molar-refractivity contribution < 1.29 is 22.3 Å². The average molecular weight is 518 g/mol. The predicted molar refractivity (Wildman–Crippen MR) is 123 cm³/mol. The monoisotopic (exact) mass is 517 g/mol. The van der Waals surface area contributed by atoms with E-state index in [2.05, 4.69) is 4.99 Å². The Labute approximate surface area is 197 Å². The lowest BCUT2D eigenvalue weighted by Gasteiger charge is -2.29. The van der Waals surface area contributed by atoms with E-state index >= 15 is 0 Å². The molecule has 1 aromatic carbocycles. The third kappa shape index (κ3) is 4.68. The number of nitrogens with zero attached hydrogens (tertiary/aromatic N) is 3. The SMILES string of the molecule is COCCn1c(=NC(=O)C2CCN(S(=O)(=O)c3ccc(Cl)s3)CC2)sc2cccc(F)c21. The smallest absolute Gasteiger partial charge is 0.252 e. The Morgan fingerprint density at radius 3 is 2.66 bits per heavy atom. The fourth-order valence-corrected chi connectivity index (χ4v) is 7.84. The predicted octanol–water partition coefficient (Wildman–Crippen LogP) is 3.73. The molecule has 32 heavy (non-hydrogen) atoms. The van der Waals surface area contributed by atoms with Crippen molar-refractivity contribution in [3.8, 4) is 0 Å². The molecule has 0 spiro atoms. The molecule has 1 saturated heterocycles. The number of carbonyl (C=O) groups is 1. The lowest BCUT2D eigenvalue weighted by molar-refractivity contribution is -0.122. The maximum atomic E-state index is 14.4. The summed E-state index contributed by atoms with van der Waals surface area (Å²) in [4.78, 5) is 17.6. The van der Waals surface area contributed by atoms with Gasteiger partial charge in [0.15, 0.2) is 4.80 Å². The van der Waals surface area contributed by atoms with Gasteiger partial charge in [0, 0.05) is 32.7 Å². The molecule has 0 radical (unpaired) electrons. The van der Waals surface area contributed by atoms with Crippen LogP contribution in [0.1, 0.15) is 12.8 Å². The molecule has 1 fully saturated rings. The Bertz CT molecular complexity index is 1310. The minimum absolute atomic E-state index is 0.198. The summed E-state index contributed by atoms with van der Waals surface area (Å²) in [6.45, 7) is 1.18. The van der Waals surface area contributed by atoms with Crippen LogP contribution >= 0.6 is 34.3 Å². The van der Waals surface area contributed by atoms with Gasteiger partial charge in [-0.25, -0.2) is 12.8 Å². The number of fused-ring (bicyclic) bond motifs is 1. The molecule has 7 nitrogen and oxygen atoms in total. The number of piperidine rings is 1. The molecule has 0 bridgehead atoms. The van der Waals surface area contributed by atoms with Gasteiger partial charge in [-0.1, -0.05) is 29.0 Å². The number of thiazole rings is 1. The molecule has 2 aromatic heterocycles. The summed E-state index contributed by atoms with van der Waals surface area (Å²) < 4.78 is 49.4. The van der Waals surface area contributed by atoms with Crippen molar-refractivity contribution in [1.29, 1.82) is 0 Å². The minimum Gasteiger partial charge on any atom is -0.383 e. The summed E-state index contributed by atoms with van der Waals surface area (Å²) in [6.07, 6.45) is 0.746. The molecule has 0 atom stereocenters. The number of hydrogen-bond donors (Lipinski definition) is 0. The summed E-state index contributed by atoms with van der Waals surface area (Å²) in [5.41, 5.74) is 0.400. The number of thiophene rings is 1. The summed E-state index contributed by atoms with van der Waals surface area (Å²) in [5, 5.41) is 0. The zero-order valence-corrected chi connectivity index (χ0v) is 20.4. The highest BCUT2D eigenvalue weighted by Crippen LogP contribution is 2.31. The van der Waals surface area contributed by atoms with Crippen LogP contribution in [0.3, 0.4) is 0 Å². The van der Waals surface area contributed by atoms with E-state index in [9.17, 15) is 17.6 Å². The normalized spacial score (nSPS) is 16.8. The highest BCUT2D eigenvalue weighted by molar-refractivity contribution is 7.91. The molecular weight excluding hydrogens is 497 g/mol. The fraction of sp³-hybridized carbons (Fsp3) is 0.400. The van der Waals surface area contributed by atoms with Crippen LogP contribution in [0.25, 0.3) is 10.2 Å². The van der Waals surface area contributed by atoms with Crippen molar-refractivity contribution >= 4 is 60.4 Å². The van der Waals surface area contributed by atoms with Gasteiger partial charge in [0.05, 0.1) is 21.2 Å². The van der Waals surface area contributed by atoms with Crippen LogP contribution in [0.5, 0.6) is 0 Å². The third-order valence-electron chi connectivity index (χ3n) is 5.32. The van der Waals surface area contributed by atoms with E-state index in [0.717, 1.165) is 11.3 Å². The standard InChI is InChI=1S/C20H21ClFN3O4S3/c1-29-12-11-25-18-14(22)3-2-4-15(18)30-20(25)23-19(26)13-7-9-24(10-8-13)32(27,28)17-6-5-16(21)31-17/h2-6,13H,7-12H2,1H3. The average Bonchev–Trinajstić information content (AvgIpc) is 3.37. The minimum atomic E-state index is -3.62. The zero-order chi connectivity index (χ0) is 22.9. The Balaban J connectivity index is 1.54. The van der Waals surface area contributed by atoms with Crippen LogP contribution in [0.4, 0.5) is 4.39 Å². The number of hydrogen-bond acceptors (Lipinski definition) is 6. The number of halogens is 2. The van der Waals surface area contributed by atoms with Crippen LogP contribution in [0.2, 0.25) is 4.34 Å². The summed E-state index contributed by atoms with van der Waals surface area (Å²) in [5.74, 6) is -1.09. The van der Waals surface area contributed by atoms with Crippen molar-refractivity contribution in [1.82, 2.24) is 8.87 Å². The van der Waals surface area contributed by atoms with Crippen LogP contribution < -0.4 is 4.80 Å². The molecule has 0 aliphatic carbocycles. The Morgan fingerprint density at radius 1 is 1.25 bits per heavy atom. The van der Waals surface area contributed by atoms with Gasteiger partial charge in [0.1, 0.15) is 10.0 Å². The van der Waals surface area contributed by atoms with Crippen LogP contribution in [0.15, 0.2) is 39.5 Å². The van der Waals surface area contributed by atoms with Gasteiger partial charge in [-0.05, 0) is 37.1 Å². The van der Waals surface area contributed by atoms with Crippen molar-refractivity contribution in [2.24, 2.45) is 10.9 Å². The lowest BCUT2D eigenvalue weighted by atomic mass is 9.98. The molecule has 3 heterocycles. The number of para-hydroxylation sites is 1. The Hall–Kier alpha value is -1.63. The number of ether oxygens (including phenoxy) is 1. The first-order valence-electron chi connectivity index (χ1n) is 9.92. The van der Waals surface area contributed by atoms with Gasteiger partial charge in [-0.3, -0.25) is 4.79 Å². The first-order valence-corrected chi connectivity index (χ1v) is 13.4. The number of sulfonamides is 1. The Kier molecular flexibility index (Phi) is 7.13. The quantitative estimate of drug-likeness (QED) is 0.499. The topological polar surface area (TPSA) is 81.0 Å². The van der Waals surface area contributed by atoms with Gasteiger partial charge in [0.25, 0.3) is 15.9 Å².